The molecule has 3 rings (SSSR count). The minimum Gasteiger partial charge on any atom is -0.445 e. The molecule has 1 aliphatic heterocycles. The van der Waals surface area contributed by atoms with Crippen molar-refractivity contribution in [2.24, 2.45) is 5.92 Å². The van der Waals surface area contributed by atoms with Gasteiger partial charge in [-0.05, 0) is 18.4 Å². The first-order valence-corrected chi connectivity index (χ1v) is 6.41. The zero-order valence-electron chi connectivity index (χ0n) is 10.2. The monoisotopic (exact) mass is 247 g/mol. The van der Waals surface area contributed by atoms with Crippen LogP contribution in [0.15, 0.2) is 30.3 Å². The number of likely N-dealkylation sites (tertiary alicyclic amines) is 1. The zero-order valence-corrected chi connectivity index (χ0v) is 10.2. The van der Waals surface area contributed by atoms with Gasteiger partial charge in [-0.15, -0.1) is 0 Å². The molecule has 4 nitrogen and oxygen atoms in total. The second-order valence-corrected chi connectivity index (χ2v) is 5.06. The van der Waals surface area contributed by atoms with E-state index < -0.39 is 0 Å². The van der Waals surface area contributed by atoms with E-state index in [2.05, 4.69) is 0 Å². The Hall–Kier alpha value is -1.55. The molecule has 0 radical (unpaired) electrons. The standard InChI is InChI=1S/C14H17NO3/c16-13-6-7-15(12-8-11(12)13)14(17)18-9-10-4-2-1-3-5-10/h1-5,11-13,16H,6-9H2/t11-,12-,13+/m1/s1. The molecule has 1 aromatic rings. The summed E-state index contributed by atoms with van der Waals surface area (Å²) < 4.78 is 5.31. The predicted octanol–water partition coefficient (Wildman–Crippen LogP) is 1.78. The predicted molar refractivity (Wildman–Crippen MR) is 65.9 cm³/mol. The molecule has 0 unspecified atom stereocenters. The van der Waals surface area contributed by atoms with Crippen LogP contribution in [0.3, 0.4) is 0 Å². The van der Waals surface area contributed by atoms with Crippen LogP contribution in [0.5, 0.6) is 0 Å². The normalized spacial score (nSPS) is 29.6. The molecule has 0 spiro atoms. The number of aliphatic hydroxyl groups is 1. The number of piperidine rings is 1. The highest BCUT2D eigenvalue weighted by Crippen LogP contribution is 2.43. The number of carbonyl (C=O) groups is 1. The molecular weight excluding hydrogens is 230 g/mol. The molecule has 96 valence electrons. The number of rotatable bonds is 2. The zero-order chi connectivity index (χ0) is 12.5. The molecule has 1 aliphatic carbocycles. The summed E-state index contributed by atoms with van der Waals surface area (Å²) in [5, 5.41) is 9.65. The lowest BCUT2D eigenvalue weighted by molar-refractivity contribution is 0.0517. The van der Waals surface area contributed by atoms with E-state index in [9.17, 15) is 9.90 Å². The maximum absolute atomic E-state index is 11.9. The van der Waals surface area contributed by atoms with Crippen molar-refractivity contribution in [2.45, 2.75) is 31.6 Å². The number of ether oxygens (including phenoxy) is 1. The Kier molecular flexibility index (Phi) is 2.96. The average Bonchev–Trinajstić information content (AvgIpc) is 3.19. The Bertz CT molecular complexity index is 434. The van der Waals surface area contributed by atoms with E-state index in [0.717, 1.165) is 12.0 Å². The summed E-state index contributed by atoms with van der Waals surface area (Å²) in [6.45, 7) is 0.923. The number of carbonyl (C=O) groups excluding carboxylic acids is 1. The van der Waals surface area contributed by atoms with Crippen molar-refractivity contribution in [3.8, 4) is 0 Å². The lowest BCUT2D eigenvalue weighted by atomic mass is 10.1. The fourth-order valence-electron chi connectivity index (χ4n) is 2.65. The van der Waals surface area contributed by atoms with Gasteiger partial charge in [0.2, 0.25) is 0 Å². The van der Waals surface area contributed by atoms with Crippen molar-refractivity contribution in [2.75, 3.05) is 6.54 Å². The van der Waals surface area contributed by atoms with E-state index in [4.69, 9.17) is 4.74 Å². The minimum absolute atomic E-state index is 0.206. The van der Waals surface area contributed by atoms with Gasteiger partial charge in [-0.25, -0.2) is 4.79 Å². The van der Waals surface area contributed by atoms with E-state index in [1.165, 1.54) is 0 Å². The van der Waals surface area contributed by atoms with Gasteiger partial charge in [0.25, 0.3) is 0 Å². The lowest BCUT2D eigenvalue weighted by Gasteiger charge is -2.28. The summed E-state index contributed by atoms with van der Waals surface area (Å²) in [6, 6.07) is 9.87. The number of hydrogen-bond donors (Lipinski definition) is 1. The fourth-order valence-corrected chi connectivity index (χ4v) is 2.65. The van der Waals surface area contributed by atoms with Crippen LogP contribution in [-0.2, 0) is 11.3 Å². The van der Waals surface area contributed by atoms with Crippen LogP contribution < -0.4 is 0 Å². The van der Waals surface area contributed by atoms with E-state index in [-0.39, 0.29) is 24.2 Å². The van der Waals surface area contributed by atoms with E-state index in [1.807, 2.05) is 30.3 Å². The molecule has 1 aromatic carbocycles. The Morgan fingerprint density at radius 2 is 2.17 bits per heavy atom. The van der Waals surface area contributed by atoms with Crippen LogP contribution in [0, 0.1) is 5.92 Å². The van der Waals surface area contributed by atoms with Gasteiger partial charge in [0.1, 0.15) is 6.61 Å². The summed E-state index contributed by atoms with van der Waals surface area (Å²) >= 11 is 0. The molecule has 1 saturated carbocycles. The molecule has 3 atom stereocenters. The van der Waals surface area contributed by atoms with Crippen molar-refractivity contribution in [1.29, 1.82) is 0 Å². The maximum atomic E-state index is 11.9. The number of hydrogen-bond acceptors (Lipinski definition) is 3. The molecule has 18 heavy (non-hydrogen) atoms. The summed E-state index contributed by atoms with van der Waals surface area (Å²) in [5.74, 6) is 0.281. The molecule has 1 heterocycles. The van der Waals surface area contributed by atoms with Gasteiger partial charge in [-0.2, -0.15) is 0 Å². The van der Waals surface area contributed by atoms with Gasteiger partial charge in [0, 0.05) is 18.5 Å². The van der Waals surface area contributed by atoms with Gasteiger partial charge in [-0.3, -0.25) is 0 Å². The molecule has 1 amide bonds. The summed E-state index contributed by atoms with van der Waals surface area (Å²) in [6.07, 6.45) is 1.11. The van der Waals surface area contributed by atoms with E-state index >= 15 is 0 Å². The second kappa shape index (κ2) is 4.61. The molecule has 0 bridgehead atoms. The molecule has 0 aromatic heterocycles. The lowest BCUT2D eigenvalue weighted by Crippen LogP contribution is -2.41. The summed E-state index contributed by atoms with van der Waals surface area (Å²) in [7, 11) is 0. The van der Waals surface area contributed by atoms with Gasteiger partial charge in [-0.1, -0.05) is 30.3 Å². The summed E-state index contributed by atoms with van der Waals surface area (Å²) in [5.41, 5.74) is 0.996. The van der Waals surface area contributed by atoms with Crippen molar-refractivity contribution in [1.82, 2.24) is 4.90 Å². The van der Waals surface area contributed by atoms with Crippen LogP contribution in [0.25, 0.3) is 0 Å². The Morgan fingerprint density at radius 1 is 1.39 bits per heavy atom. The van der Waals surface area contributed by atoms with Crippen LogP contribution in [0.1, 0.15) is 18.4 Å². The van der Waals surface area contributed by atoms with Crippen molar-refractivity contribution in [3.05, 3.63) is 35.9 Å². The Labute approximate surface area is 106 Å². The molecular formula is C14H17NO3. The minimum atomic E-state index is -0.252. The molecule has 2 fully saturated rings. The number of nitrogens with zero attached hydrogens (tertiary/aromatic N) is 1. The highest BCUT2D eigenvalue weighted by molar-refractivity contribution is 5.69. The van der Waals surface area contributed by atoms with Crippen LogP contribution in [-0.4, -0.2) is 34.8 Å². The Balaban J connectivity index is 1.53. The van der Waals surface area contributed by atoms with Gasteiger partial charge in [0.15, 0.2) is 0 Å². The fraction of sp³-hybridized carbons (Fsp3) is 0.500. The number of aliphatic hydroxyl groups excluding tert-OH is 1. The van der Waals surface area contributed by atoms with Crippen molar-refractivity contribution in [3.63, 3.8) is 0 Å². The van der Waals surface area contributed by atoms with Gasteiger partial charge in [0.05, 0.1) is 6.10 Å². The molecule has 2 aliphatic rings. The van der Waals surface area contributed by atoms with E-state index in [1.54, 1.807) is 4.90 Å². The molecule has 4 heteroatoms. The SMILES string of the molecule is O=C(OCc1ccccc1)N1CC[C@H](O)[C@@H]2C[C@H]21. The van der Waals surface area contributed by atoms with Gasteiger partial charge >= 0.3 is 6.09 Å². The third-order valence-electron chi connectivity index (χ3n) is 3.80. The highest BCUT2D eigenvalue weighted by Gasteiger charge is 2.51. The number of fused-ring (bicyclic) bond motifs is 1. The number of amides is 1. The first kappa shape index (κ1) is 11.5. The van der Waals surface area contributed by atoms with Crippen LogP contribution in [0.2, 0.25) is 0 Å². The second-order valence-electron chi connectivity index (χ2n) is 5.06. The maximum Gasteiger partial charge on any atom is 0.410 e. The quantitative estimate of drug-likeness (QED) is 0.866. The number of benzene rings is 1. The third kappa shape index (κ3) is 2.20. The average molecular weight is 247 g/mol. The molecule has 1 saturated heterocycles. The topological polar surface area (TPSA) is 49.8 Å². The van der Waals surface area contributed by atoms with E-state index in [0.29, 0.717) is 19.6 Å². The summed E-state index contributed by atoms with van der Waals surface area (Å²) in [4.78, 5) is 13.7. The third-order valence-corrected chi connectivity index (χ3v) is 3.80. The van der Waals surface area contributed by atoms with Crippen LogP contribution >= 0.6 is 0 Å². The Morgan fingerprint density at radius 3 is 2.94 bits per heavy atom. The first-order valence-electron chi connectivity index (χ1n) is 6.41. The smallest absolute Gasteiger partial charge is 0.410 e. The van der Waals surface area contributed by atoms with Crippen molar-refractivity contribution >= 4 is 6.09 Å². The molecule has 1 N–H and O–H groups in total. The largest absolute Gasteiger partial charge is 0.445 e. The first-order chi connectivity index (χ1) is 8.75. The van der Waals surface area contributed by atoms with Gasteiger partial charge < -0.3 is 14.7 Å². The van der Waals surface area contributed by atoms with Crippen LogP contribution in [0.4, 0.5) is 4.79 Å². The van der Waals surface area contributed by atoms with Crippen molar-refractivity contribution < 1.29 is 14.6 Å². The highest BCUT2D eigenvalue weighted by atomic mass is 16.6.